The number of oxime groups is 1. The topological polar surface area (TPSA) is 144 Å². The number of benzene rings is 1. The number of carboxylic acid groups (broad SMARTS) is 1. The van der Waals surface area contributed by atoms with Crippen molar-refractivity contribution in [3.05, 3.63) is 47.7 Å². The summed E-state index contributed by atoms with van der Waals surface area (Å²) in [6.45, 7) is 6.04. The second-order valence-corrected chi connectivity index (χ2v) is 13.8. The molecule has 226 valence electrons. The second-order valence-electron chi connectivity index (χ2n) is 13.8. The molecule has 1 heterocycles. The number of H-pyrrole nitrogens is 1. The predicted molar refractivity (Wildman–Crippen MR) is 159 cm³/mol. The van der Waals surface area contributed by atoms with Crippen molar-refractivity contribution in [1.29, 1.82) is 0 Å². The van der Waals surface area contributed by atoms with Crippen LogP contribution < -0.4 is 5.32 Å². The quantitative estimate of drug-likeness (QED) is 0.310. The second kappa shape index (κ2) is 10.5. The van der Waals surface area contributed by atoms with E-state index in [1.807, 2.05) is 31.2 Å². The normalized spacial score (nSPS) is 37.4. The first kappa shape index (κ1) is 28.9. The Morgan fingerprint density at radius 1 is 1.17 bits per heavy atom. The number of aliphatic hydroxyl groups is 2. The Kier molecular flexibility index (Phi) is 7.25. The van der Waals surface area contributed by atoms with Gasteiger partial charge >= 0.3 is 5.97 Å². The van der Waals surface area contributed by atoms with Gasteiger partial charge in [0.2, 0.25) is 0 Å². The Hall–Kier alpha value is -3.17. The Balaban J connectivity index is 1.09. The largest absolute Gasteiger partial charge is 0.480 e. The van der Waals surface area contributed by atoms with Crippen LogP contribution in [0.25, 0.3) is 10.9 Å². The minimum Gasteiger partial charge on any atom is -0.480 e. The van der Waals surface area contributed by atoms with Gasteiger partial charge in [0.05, 0.1) is 17.4 Å². The molecule has 4 aliphatic carbocycles. The van der Waals surface area contributed by atoms with Crippen molar-refractivity contribution in [1.82, 2.24) is 10.3 Å². The molecule has 9 nitrogen and oxygen atoms in total. The van der Waals surface area contributed by atoms with Gasteiger partial charge in [0.25, 0.3) is 5.91 Å². The zero-order valence-electron chi connectivity index (χ0n) is 24.7. The summed E-state index contributed by atoms with van der Waals surface area (Å²) < 4.78 is 0. The highest BCUT2D eigenvalue weighted by atomic mass is 16.6. The molecule has 1 aromatic carbocycles. The number of para-hydroxylation sites is 1. The molecule has 1 aromatic heterocycles. The fourth-order valence-electron chi connectivity index (χ4n) is 9.12. The van der Waals surface area contributed by atoms with Crippen LogP contribution in [-0.2, 0) is 20.8 Å². The van der Waals surface area contributed by atoms with Crippen molar-refractivity contribution < 1.29 is 29.7 Å². The molecule has 9 heteroatoms. The standard InChI is InChI=1S/C33H43N3O6/c1-31-12-10-21(15-20(31)8-9-23-24-11-13-33(3,41)32(24,2)16-27(37)29(23)31)36-42-18-28(38)35-26(30(39)40)14-19-17-34-25-7-5-4-6-22(19)25/h4-7,15,17,23-24,26-27,29,34,37,41H,8-14,16,18H2,1-3H3,(H,35,38)(H,39,40)/b36-21-/t23-,24-,26-,27+,29+,31-,32-,33-/m0/s1. The van der Waals surface area contributed by atoms with E-state index in [0.717, 1.165) is 54.3 Å². The lowest BCUT2D eigenvalue weighted by molar-refractivity contribution is -0.164. The molecule has 3 fully saturated rings. The highest BCUT2D eigenvalue weighted by Crippen LogP contribution is 2.67. The van der Waals surface area contributed by atoms with Crippen LogP contribution in [0.2, 0.25) is 0 Å². The summed E-state index contributed by atoms with van der Waals surface area (Å²) in [7, 11) is 0. The van der Waals surface area contributed by atoms with Gasteiger partial charge in [0.1, 0.15) is 6.04 Å². The van der Waals surface area contributed by atoms with E-state index in [9.17, 15) is 24.9 Å². The predicted octanol–water partition coefficient (Wildman–Crippen LogP) is 4.34. The number of aliphatic carboxylic acids is 1. The van der Waals surface area contributed by atoms with Crippen molar-refractivity contribution in [3.63, 3.8) is 0 Å². The lowest BCUT2D eigenvalue weighted by Crippen LogP contribution is -2.59. The number of carbonyl (C=O) groups excluding carboxylic acids is 1. The summed E-state index contributed by atoms with van der Waals surface area (Å²) in [6, 6.07) is 6.55. The summed E-state index contributed by atoms with van der Waals surface area (Å²) in [5, 5.41) is 40.1. The van der Waals surface area contributed by atoms with Gasteiger partial charge in [-0.25, -0.2) is 4.79 Å². The van der Waals surface area contributed by atoms with Gasteiger partial charge in [-0.05, 0) is 92.7 Å². The van der Waals surface area contributed by atoms with Crippen LogP contribution in [0, 0.1) is 28.6 Å². The zero-order valence-corrected chi connectivity index (χ0v) is 24.7. The minimum absolute atomic E-state index is 0.133. The summed E-state index contributed by atoms with van der Waals surface area (Å²) in [5.74, 6) is -0.691. The van der Waals surface area contributed by atoms with Crippen LogP contribution in [0.3, 0.4) is 0 Å². The van der Waals surface area contributed by atoms with Crippen LogP contribution >= 0.6 is 0 Å². The van der Waals surface area contributed by atoms with E-state index < -0.39 is 29.6 Å². The van der Waals surface area contributed by atoms with E-state index in [-0.39, 0.29) is 29.8 Å². The molecule has 1 amide bonds. The number of aliphatic hydroxyl groups excluding tert-OH is 1. The molecule has 0 aliphatic heterocycles. The van der Waals surface area contributed by atoms with Gasteiger partial charge in [0, 0.05) is 28.9 Å². The maximum Gasteiger partial charge on any atom is 0.326 e. The van der Waals surface area contributed by atoms with Gasteiger partial charge in [-0.15, -0.1) is 0 Å². The summed E-state index contributed by atoms with van der Waals surface area (Å²) in [4.78, 5) is 33.0. The van der Waals surface area contributed by atoms with Crippen molar-refractivity contribution in [2.45, 2.75) is 89.9 Å². The van der Waals surface area contributed by atoms with Crippen molar-refractivity contribution in [2.75, 3.05) is 6.61 Å². The van der Waals surface area contributed by atoms with Crippen molar-refractivity contribution >= 4 is 28.5 Å². The van der Waals surface area contributed by atoms with E-state index in [2.05, 4.69) is 35.4 Å². The molecule has 0 bridgehead atoms. The van der Waals surface area contributed by atoms with Crippen LogP contribution in [0.4, 0.5) is 0 Å². The van der Waals surface area contributed by atoms with Crippen LogP contribution in [0.1, 0.15) is 71.3 Å². The molecule has 0 saturated heterocycles. The number of aromatic nitrogens is 1. The Bertz CT molecular complexity index is 1440. The third kappa shape index (κ3) is 4.74. The molecule has 0 unspecified atom stereocenters. The number of allylic oxidation sites excluding steroid dienone is 2. The number of carboxylic acids is 1. The van der Waals surface area contributed by atoms with Gasteiger partial charge in [-0.2, -0.15) is 0 Å². The number of rotatable bonds is 7. The number of nitrogens with one attached hydrogen (secondary N) is 2. The molecule has 3 saturated carbocycles. The van der Waals surface area contributed by atoms with E-state index in [1.54, 1.807) is 6.20 Å². The van der Waals surface area contributed by atoms with E-state index in [0.29, 0.717) is 24.7 Å². The number of hydrogen-bond acceptors (Lipinski definition) is 6. The van der Waals surface area contributed by atoms with Crippen LogP contribution in [0.5, 0.6) is 0 Å². The average molecular weight is 578 g/mol. The molecule has 6 rings (SSSR count). The fraction of sp³-hybridized carbons (Fsp3) is 0.606. The first-order valence-corrected chi connectivity index (χ1v) is 15.3. The van der Waals surface area contributed by atoms with Gasteiger partial charge in [0.15, 0.2) is 6.61 Å². The SMILES string of the molecule is C[C@]12CC/C(=N/OCC(=O)N[C@@H](Cc3c[nH]c4ccccc34)C(=O)O)C=C1CC[C@@H]1[C@@H]2[C@H](O)C[C@@]2(C)[C@H]1CC[C@]2(C)O. The zero-order chi connectivity index (χ0) is 29.9. The summed E-state index contributed by atoms with van der Waals surface area (Å²) in [6.07, 6.45) is 9.42. The molecule has 8 atom stereocenters. The van der Waals surface area contributed by atoms with E-state index in [4.69, 9.17) is 4.84 Å². The molecule has 5 N–H and O–H groups in total. The highest BCUT2D eigenvalue weighted by molar-refractivity contribution is 5.96. The maximum atomic E-state index is 12.6. The fourth-order valence-corrected chi connectivity index (χ4v) is 9.12. The Morgan fingerprint density at radius 3 is 2.74 bits per heavy atom. The number of amides is 1. The summed E-state index contributed by atoms with van der Waals surface area (Å²) >= 11 is 0. The molecule has 2 aromatic rings. The van der Waals surface area contributed by atoms with Gasteiger partial charge in [-0.1, -0.05) is 42.8 Å². The lowest BCUT2D eigenvalue weighted by atomic mass is 9.45. The number of hydrogen-bond donors (Lipinski definition) is 5. The first-order valence-electron chi connectivity index (χ1n) is 15.3. The van der Waals surface area contributed by atoms with Crippen LogP contribution in [-0.4, -0.2) is 62.2 Å². The summed E-state index contributed by atoms with van der Waals surface area (Å²) in [5.41, 5.74) is 2.65. The number of aromatic amines is 1. The monoisotopic (exact) mass is 577 g/mol. The minimum atomic E-state index is -1.11. The molecule has 42 heavy (non-hydrogen) atoms. The molecule has 0 spiro atoms. The Morgan fingerprint density at radius 2 is 1.95 bits per heavy atom. The molecular formula is C33H43N3O6. The number of nitrogens with zero attached hydrogens (tertiary/aromatic N) is 1. The molecular weight excluding hydrogens is 534 g/mol. The lowest BCUT2D eigenvalue weighted by Gasteiger charge is -2.60. The third-order valence-corrected chi connectivity index (χ3v) is 11.6. The van der Waals surface area contributed by atoms with Crippen molar-refractivity contribution in [3.8, 4) is 0 Å². The van der Waals surface area contributed by atoms with E-state index >= 15 is 0 Å². The highest BCUT2D eigenvalue weighted by Gasteiger charge is 2.64. The smallest absolute Gasteiger partial charge is 0.326 e. The Labute approximate surface area is 246 Å². The molecule has 0 radical (unpaired) electrons. The van der Waals surface area contributed by atoms with Gasteiger partial charge < -0.3 is 30.5 Å². The maximum absolute atomic E-state index is 12.6. The third-order valence-electron chi connectivity index (χ3n) is 11.6. The average Bonchev–Trinajstić information content (AvgIpc) is 3.45. The number of fused-ring (bicyclic) bond motifs is 6. The first-order chi connectivity index (χ1) is 19.9. The van der Waals surface area contributed by atoms with E-state index in [1.165, 1.54) is 5.57 Å². The number of carbonyl (C=O) groups is 2. The van der Waals surface area contributed by atoms with Crippen LogP contribution in [0.15, 0.2) is 47.3 Å². The van der Waals surface area contributed by atoms with Crippen molar-refractivity contribution in [2.24, 2.45) is 33.7 Å². The molecule has 4 aliphatic rings. The van der Waals surface area contributed by atoms with Gasteiger partial charge in [-0.3, -0.25) is 4.79 Å².